The van der Waals surface area contributed by atoms with Crippen molar-refractivity contribution in [2.24, 2.45) is 5.73 Å². The summed E-state index contributed by atoms with van der Waals surface area (Å²) in [5, 5.41) is 2.81. The van der Waals surface area contributed by atoms with E-state index in [0.717, 1.165) is 5.69 Å². The molecular weight excluding hydrogens is 202 g/mol. The number of hydrogen-bond acceptors (Lipinski definition) is 2. The number of amides is 2. The molecule has 0 fully saturated rings. The Labute approximate surface area is 96.4 Å². The number of likely N-dealkylation sites (N-methyl/N-ethyl adjacent to an activating group) is 1. The minimum Gasteiger partial charge on any atom is -0.326 e. The van der Waals surface area contributed by atoms with Crippen LogP contribution in [0.15, 0.2) is 24.3 Å². The third-order valence-corrected chi connectivity index (χ3v) is 2.21. The molecule has 0 aliphatic rings. The Morgan fingerprint density at radius 2 is 2.00 bits per heavy atom. The molecule has 0 aromatic heterocycles. The van der Waals surface area contributed by atoms with Crippen molar-refractivity contribution in [3.63, 3.8) is 0 Å². The summed E-state index contributed by atoms with van der Waals surface area (Å²) in [7, 11) is 1.73. The molecule has 0 saturated carbocycles. The minimum atomic E-state index is -0.138. The van der Waals surface area contributed by atoms with Gasteiger partial charge in [-0.05, 0) is 26.0 Å². The Bertz CT molecular complexity index is 346. The smallest absolute Gasteiger partial charge is 0.321 e. The number of rotatable bonds is 3. The van der Waals surface area contributed by atoms with E-state index in [1.54, 1.807) is 11.9 Å². The summed E-state index contributed by atoms with van der Waals surface area (Å²) < 4.78 is 0. The Morgan fingerprint density at radius 3 is 2.50 bits per heavy atom. The van der Waals surface area contributed by atoms with Gasteiger partial charge in [0.05, 0.1) is 0 Å². The Balaban J connectivity index is 2.54. The number of nitrogens with zero attached hydrogens (tertiary/aromatic N) is 1. The molecule has 16 heavy (non-hydrogen) atoms. The average Bonchev–Trinajstić information content (AvgIpc) is 2.20. The Hall–Kier alpha value is -1.55. The zero-order chi connectivity index (χ0) is 12.1. The van der Waals surface area contributed by atoms with E-state index < -0.39 is 0 Å². The maximum atomic E-state index is 11.7. The zero-order valence-corrected chi connectivity index (χ0v) is 10.0. The third kappa shape index (κ3) is 3.90. The predicted octanol–water partition coefficient (Wildman–Crippen LogP) is 1.81. The van der Waals surface area contributed by atoms with Gasteiger partial charge in [0, 0.05) is 25.3 Å². The van der Waals surface area contributed by atoms with Crippen molar-refractivity contribution in [3.8, 4) is 0 Å². The van der Waals surface area contributed by atoms with Crippen LogP contribution >= 0.6 is 0 Å². The molecule has 2 amide bonds. The number of carbonyl (C=O) groups excluding carboxylic acids is 1. The van der Waals surface area contributed by atoms with Crippen LogP contribution < -0.4 is 11.1 Å². The molecule has 0 bridgehead atoms. The van der Waals surface area contributed by atoms with Crippen LogP contribution in [-0.4, -0.2) is 30.6 Å². The lowest BCUT2D eigenvalue weighted by Crippen LogP contribution is -2.39. The standard InChI is InChI=1S/C12H19N3O/c1-9-4-6-11(7-5-9)14-12(16)15(3)8-10(2)13/h4-7,10H,8,13H2,1-3H3,(H,14,16). The predicted molar refractivity (Wildman–Crippen MR) is 66.5 cm³/mol. The fraction of sp³-hybridized carbons (Fsp3) is 0.417. The molecule has 1 aromatic rings. The summed E-state index contributed by atoms with van der Waals surface area (Å²) in [5.41, 5.74) is 7.59. The van der Waals surface area contributed by atoms with E-state index in [1.165, 1.54) is 5.56 Å². The highest BCUT2D eigenvalue weighted by Crippen LogP contribution is 2.09. The number of nitrogens with one attached hydrogen (secondary N) is 1. The Kier molecular flexibility index (Phi) is 4.31. The van der Waals surface area contributed by atoms with Crippen molar-refractivity contribution in [3.05, 3.63) is 29.8 Å². The van der Waals surface area contributed by atoms with Gasteiger partial charge < -0.3 is 16.0 Å². The lowest BCUT2D eigenvalue weighted by atomic mass is 10.2. The summed E-state index contributed by atoms with van der Waals surface area (Å²) >= 11 is 0. The summed E-state index contributed by atoms with van der Waals surface area (Å²) in [4.78, 5) is 13.3. The van der Waals surface area contributed by atoms with Gasteiger partial charge >= 0.3 is 6.03 Å². The van der Waals surface area contributed by atoms with Crippen LogP contribution in [0, 0.1) is 6.92 Å². The molecule has 0 spiro atoms. The molecule has 1 rings (SSSR count). The van der Waals surface area contributed by atoms with Gasteiger partial charge in [0.25, 0.3) is 0 Å². The second-order valence-electron chi connectivity index (χ2n) is 4.15. The van der Waals surface area contributed by atoms with Gasteiger partial charge in [0.2, 0.25) is 0 Å². The van der Waals surface area contributed by atoms with E-state index >= 15 is 0 Å². The Morgan fingerprint density at radius 1 is 1.44 bits per heavy atom. The normalized spacial score (nSPS) is 12.0. The van der Waals surface area contributed by atoms with Gasteiger partial charge in [-0.1, -0.05) is 17.7 Å². The third-order valence-electron chi connectivity index (χ3n) is 2.21. The molecule has 1 unspecified atom stereocenters. The topological polar surface area (TPSA) is 58.4 Å². The monoisotopic (exact) mass is 221 g/mol. The summed E-state index contributed by atoms with van der Waals surface area (Å²) in [5.74, 6) is 0. The van der Waals surface area contributed by atoms with Crippen molar-refractivity contribution in [1.29, 1.82) is 0 Å². The van der Waals surface area contributed by atoms with E-state index in [2.05, 4.69) is 5.32 Å². The number of benzene rings is 1. The maximum Gasteiger partial charge on any atom is 0.321 e. The summed E-state index contributed by atoms with van der Waals surface area (Å²) in [6, 6.07) is 7.53. The molecule has 0 aliphatic heterocycles. The number of aryl methyl sites for hydroxylation is 1. The highest BCUT2D eigenvalue weighted by molar-refractivity contribution is 5.89. The van der Waals surface area contributed by atoms with E-state index in [1.807, 2.05) is 38.1 Å². The lowest BCUT2D eigenvalue weighted by Gasteiger charge is -2.19. The first-order valence-corrected chi connectivity index (χ1v) is 5.33. The van der Waals surface area contributed by atoms with Crippen LogP contribution in [0.1, 0.15) is 12.5 Å². The van der Waals surface area contributed by atoms with Gasteiger partial charge in [-0.15, -0.1) is 0 Å². The van der Waals surface area contributed by atoms with Crippen molar-refractivity contribution >= 4 is 11.7 Å². The van der Waals surface area contributed by atoms with Crippen LogP contribution in [0.5, 0.6) is 0 Å². The molecule has 88 valence electrons. The maximum absolute atomic E-state index is 11.7. The van der Waals surface area contributed by atoms with Crippen LogP contribution in [0.2, 0.25) is 0 Å². The van der Waals surface area contributed by atoms with Gasteiger partial charge in [-0.3, -0.25) is 0 Å². The van der Waals surface area contributed by atoms with Crippen molar-refractivity contribution in [2.45, 2.75) is 19.9 Å². The first-order chi connectivity index (χ1) is 7.49. The molecule has 1 aromatic carbocycles. The molecule has 4 heteroatoms. The van der Waals surface area contributed by atoms with Gasteiger partial charge in [-0.25, -0.2) is 4.79 Å². The molecule has 0 radical (unpaired) electrons. The van der Waals surface area contributed by atoms with E-state index in [0.29, 0.717) is 6.54 Å². The second kappa shape index (κ2) is 5.51. The SMILES string of the molecule is Cc1ccc(NC(=O)N(C)CC(C)N)cc1. The molecule has 0 saturated heterocycles. The molecule has 0 aliphatic carbocycles. The number of hydrogen-bond donors (Lipinski definition) is 2. The minimum absolute atomic E-state index is 0.0197. The largest absolute Gasteiger partial charge is 0.326 e. The molecule has 1 atom stereocenters. The number of nitrogens with two attached hydrogens (primary N) is 1. The number of urea groups is 1. The molecular formula is C12H19N3O. The molecule has 4 nitrogen and oxygen atoms in total. The van der Waals surface area contributed by atoms with E-state index in [-0.39, 0.29) is 12.1 Å². The first-order valence-electron chi connectivity index (χ1n) is 5.33. The van der Waals surface area contributed by atoms with Crippen LogP contribution in [0.3, 0.4) is 0 Å². The number of anilines is 1. The highest BCUT2D eigenvalue weighted by atomic mass is 16.2. The highest BCUT2D eigenvalue weighted by Gasteiger charge is 2.09. The van der Waals surface area contributed by atoms with Gasteiger partial charge in [-0.2, -0.15) is 0 Å². The van der Waals surface area contributed by atoms with Gasteiger partial charge in [0.15, 0.2) is 0 Å². The van der Waals surface area contributed by atoms with Crippen LogP contribution in [0.4, 0.5) is 10.5 Å². The molecule has 3 N–H and O–H groups in total. The zero-order valence-electron chi connectivity index (χ0n) is 10.0. The second-order valence-corrected chi connectivity index (χ2v) is 4.15. The summed E-state index contributed by atoms with van der Waals surface area (Å²) in [6.45, 7) is 4.42. The van der Waals surface area contributed by atoms with Crippen molar-refractivity contribution < 1.29 is 4.79 Å². The quantitative estimate of drug-likeness (QED) is 0.817. The van der Waals surface area contributed by atoms with Crippen LogP contribution in [-0.2, 0) is 0 Å². The summed E-state index contributed by atoms with van der Waals surface area (Å²) in [6.07, 6.45) is 0. The fourth-order valence-electron chi connectivity index (χ4n) is 1.37. The number of carbonyl (C=O) groups is 1. The first kappa shape index (κ1) is 12.5. The molecule has 0 heterocycles. The van der Waals surface area contributed by atoms with Gasteiger partial charge in [0.1, 0.15) is 0 Å². The fourth-order valence-corrected chi connectivity index (χ4v) is 1.37. The lowest BCUT2D eigenvalue weighted by molar-refractivity contribution is 0.220. The van der Waals surface area contributed by atoms with Crippen LogP contribution in [0.25, 0.3) is 0 Å². The van der Waals surface area contributed by atoms with Crippen molar-refractivity contribution in [2.75, 3.05) is 18.9 Å². The van der Waals surface area contributed by atoms with Crippen molar-refractivity contribution in [1.82, 2.24) is 4.90 Å². The van der Waals surface area contributed by atoms with E-state index in [9.17, 15) is 4.79 Å². The average molecular weight is 221 g/mol. The van der Waals surface area contributed by atoms with E-state index in [4.69, 9.17) is 5.73 Å².